The van der Waals surface area contributed by atoms with E-state index in [0.717, 1.165) is 21.3 Å². The Bertz CT molecular complexity index is 1960. The Kier molecular flexibility index (Phi) is 6.76. The molecule has 0 saturated carbocycles. The number of nitriles is 1. The third-order valence-electron chi connectivity index (χ3n) is 6.11. The van der Waals surface area contributed by atoms with E-state index < -0.39 is 35.2 Å². The van der Waals surface area contributed by atoms with Gasteiger partial charge in [0.05, 0.1) is 46.0 Å². The summed E-state index contributed by atoms with van der Waals surface area (Å²) in [5.41, 5.74) is 0.282. The van der Waals surface area contributed by atoms with Gasteiger partial charge in [0.1, 0.15) is 0 Å². The zero-order valence-electron chi connectivity index (χ0n) is 20.0. The predicted octanol–water partition coefficient (Wildman–Crippen LogP) is 6.17. The third-order valence-corrected chi connectivity index (χ3v) is 6.74. The van der Waals surface area contributed by atoms with E-state index in [-0.39, 0.29) is 32.2 Å². The van der Waals surface area contributed by atoms with Crippen molar-refractivity contribution in [3.05, 3.63) is 126 Å². The van der Waals surface area contributed by atoms with E-state index in [0.29, 0.717) is 22.3 Å². The number of aryl methyl sites for hydroxylation is 1. The normalized spacial score (nSPS) is 11.1. The lowest BCUT2D eigenvalue weighted by Crippen LogP contribution is -2.39. The van der Waals surface area contributed by atoms with Crippen molar-refractivity contribution in [2.45, 2.75) is 13.5 Å². The van der Waals surface area contributed by atoms with Gasteiger partial charge < -0.3 is 0 Å². The highest BCUT2D eigenvalue weighted by atomic mass is 35.5. The zero-order valence-corrected chi connectivity index (χ0v) is 21.5. The highest BCUT2D eigenvalue weighted by Crippen LogP contribution is 2.34. The number of aromatic nitrogens is 3. The lowest BCUT2D eigenvalue weighted by Gasteiger charge is -2.17. The molecule has 2 heterocycles. The van der Waals surface area contributed by atoms with Crippen LogP contribution in [-0.4, -0.2) is 14.1 Å². The number of rotatable bonds is 4. The average Bonchev–Trinajstić information content (AvgIpc) is 2.89. The monoisotopic (exact) mass is 566 g/mol. The fraction of sp³-hybridized carbons (Fsp3) is 0.0714. The van der Waals surface area contributed by atoms with Gasteiger partial charge in [-0.05, 0) is 72.1 Å². The highest BCUT2D eigenvalue weighted by molar-refractivity contribution is 6.36. The summed E-state index contributed by atoms with van der Waals surface area (Å²) in [6, 6.07) is 12.6. The number of fused-ring (bicyclic) bond motifs is 1. The smallest absolute Gasteiger partial charge is 0.288 e. The molecule has 0 aliphatic rings. The molecule has 5 rings (SSSR count). The van der Waals surface area contributed by atoms with Crippen molar-refractivity contribution in [1.29, 1.82) is 5.26 Å². The summed E-state index contributed by atoms with van der Waals surface area (Å²) in [5.74, 6) is -4.51. The Morgan fingerprint density at radius 3 is 2.33 bits per heavy atom. The number of benzene rings is 3. The lowest BCUT2D eigenvalue weighted by atomic mass is 10.0. The molecule has 0 atom stereocenters. The van der Waals surface area contributed by atoms with Crippen molar-refractivity contribution in [1.82, 2.24) is 14.1 Å². The van der Waals surface area contributed by atoms with Crippen molar-refractivity contribution in [3.63, 3.8) is 0 Å². The maximum atomic E-state index is 14.0. The Morgan fingerprint density at radius 2 is 1.67 bits per heavy atom. The van der Waals surface area contributed by atoms with Gasteiger partial charge in [0, 0.05) is 16.8 Å². The molecule has 0 bridgehead atoms. The van der Waals surface area contributed by atoms with Crippen LogP contribution in [0, 0.1) is 35.7 Å². The molecule has 3 aromatic carbocycles. The summed E-state index contributed by atoms with van der Waals surface area (Å²) in [7, 11) is 0. The second-order valence-electron chi connectivity index (χ2n) is 8.76. The average molecular weight is 567 g/mol. The van der Waals surface area contributed by atoms with Crippen molar-refractivity contribution in [3.8, 4) is 22.9 Å². The minimum Gasteiger partial charge on any atom is -0.288 e. The molecule has 6 nitrogen and oxygen atoms in total. The first-order valence-corrected chi connectivity index (χ1v) is 12.1. The van der Waals surface area contributed by atoms with E-state index >= 15 is 0 Å². The molecule has 0 fully saturated rings. The molecule has 2 aromatic heterocycles. The maximum absolute atomic E-state index is 14.0. The molecule has 0 spiro atoms. The summed E-state index contributed by atoms with van der Waals surface area (Å²) in [4.78, 5) is 31.5. The molecule has 0 N–H and O–H groups in total. The van der Waals surface area contributed by atoms with Crippen LogP contribution in [0.5, 0.6) is 0 Å². The van der Waals surface area contributed by atoms with Gasteiger partial charge in [0.25, 0.3) is 5.56 Å². The van der Waals surface area contributed by atoms with Crippen LogP contribution in [0.2, 0.25) is 10.0 Å². The fourth-order valence-electron chi connectivity index (χ4n) is 4.33. The van der Waals surface area contributed by atoms with Crippen molar-refractivity contribution < 1.29 is 13.2 Å². The second kappa shape index (κ2) is 10.1. The van der Waals surface area contributed by atoms with Crippen LogP contribution in [0.3, 0.4) is 0 Å². The van der Waals surface area contributed by atoms with Gasteiger partial charge in [-0.15, -0.1) is 0 Å². The van der Waals surface area contributed by atoms with E-state index in [1.807, 2.05) is 6.07 Å². The lowest BCUT2D eigenvalue weighted by molar-refractivity contribution is 0.444. The quantitative estimate of drug-likeness (QED) is 0.244. The molecule has 39 heavy (non-hydrogen) atoms. The van der Waals surface area contributed by atoms with Gasteiger partial charge in [-0.2, -0.15) is 5.26 Å². The molecule has 0 aliphatic heterocycles. The predicted molar refractivity (Wildman–Crippen MR) is 142 cm³/mol. The van der Waals surface area contributed by atoms with Crippen LogP contribution < -0.4 is 11.2 Å². The molecule has 5 aromatic rings. The minimum absolute atomic E-state index is 0.0351. The largest absolute Gasteiger partial charge is 0.336 e. The van der Waals surface area contributed by atoms with Crippen LogP contribution in [0.4, 0.5) is 13.2 Å². The van der Waals surface area contributed by atoms with Gasteiger partial charge in [0.2, 0.25) is 0 Å². The van der Waals surface area contributed by atoms with Crippen molar-refractivity contribution in [2.75, 3.05) is 0 Å². The summed E-state index contributed by atoms with van der Waals surface area (Å²) in [6.07, 6.45) is 2.86. The van der Waals surface area contributed by atoms with E-state index in [1.165, 1.54) is 42.7 Å². The van der Waals surface area contributed by atoms with E-state index in [9.17, 15) is 28.0 Å². The van der Waals surface area contributed by atoms with Gasteiger partial charge in [-0.25, -0.2) is 22.5 Å². The fourth-order valence-corrected chi connectivity index (χ4v) is 4.86. The molecule has 0 radical (unpaired) electrons. The Balaban J connectivity index is 1.88. The molecule has 0 unspecified atom stereocenters. The summed E-state index contributed by atoms with van der Waals surface area (Å²) in [5, 5.41) is 9.51. The Morgan fingerprint density at radius 1 is 0.949 bits per heavy atom. The second-order valence-corrected chi connectivity index (χ2v) is 9.58. The third kappa shape index (κ3) is 4.69. The SMILES string of the molecule is Cc1cncc(-n2c(=O)c3c(Cl)cc(-c4cc(C#N)ccc4Cl)cc3n(Cc3cc(F)c(F)c(F)c3)c2=O)c1. The molecular formula is C28H15Cl2F3N4O2. The van der Waals surface area contributed by atoms with E-state index in [4.69, 9.17) is 23.2 Å². The van der Waals surface area contributed by atoms with Crippen molar-refractivity contribution in [2.24, 2.45) is 0 Å². The first-order valence-electron chi connectivity index (χ1n) is 11.3. The zero-order chi connectivity index (χ0) is 28.0. The van der Waals surface area contributed by atoms with Gasteiger partial charge in [0.15, 0.2) is 17.5 Å². The first kappa shape index (κ1) is 26.2. The molecule has 11 heteroatoms. The molecular weight excluding hydrogens is 552 g/mol. The van der Waals surface area contributed by atoms with Crippen LogP contribution in [-0.2, 0) is 6.54 Å². The minimum atomic E-state index is -1.65. The summed E-state index contributed by atoms with van der Waals surface area (Å²) in [6.45, 7) is 1.29. The topological polar surface area (TPSA) is 80.7 Å². The number of pyridine rings is 1. The van der Waals surface area contributed by atoms with Gasteiger partial charge in [-0.3, -0.25) is 14.3 Å². The first-order chi connectivity index (χ1) is 18.6. The van der Waals surface area contributed by atoms with E-state index in [1.54, 1.807) is 13.0 Å². The van der Waals surface area contributed by atoms with Crippen LogP contribution in [0.25, 0.3) is 27.7 Å². The molecule has 0 saturated heterocycles. The molecule has 0 aliphatic carbocycles. The van der Waals surface area contributed by atoms with Crippen LogP contribution >= 0.6 is 23.2 Å². The summed E-state index contributed by atoms with van der Waals surface area (Å²) >= 11 is 13.0. The molecule has 194 valence electrons. The summed E-state index contributed by atoms with van der Waals surface area (Å²) < 4.78 is 43.7. The van der Waals surface area contributed by atoms with Gasteiger partial charge in [-0.1, -0.05) is 23.2 Å². The van der Waals surface area contributed by atoms with Crippen LogP contribution in [0.1, 0.15) is 16.7 Å². The number of nitrogens with zero attached hydrogens (tertiary/aromatic N) is 4. The standard InChI is InChI=1S/C28H15Cl2F3N4O2/c1-14-4-18(12-35-11-14)37-27(38)25-21(30)8-17(19-5-15(10-34)2-3-20(19)29)9-24(25)36(28(37)39)13-16-6-22(31)26(33)23(32)7-16/h2-9,11-12H,13H2,1H3. The number of hydrogen-bond acceptors (Lipinski definition) is 4. The Hall–Kier alpha value is -4.39. The van der Waals surface area contributed by atoms with Crippen molar-refractivity contribution >= 4 is 34.1 Å². The highest BCUT2D eigenvalue weighted by Gasteiger charge is 2.21. The van der Waals surface area contributed by atoms with E-state index in [2.05, 4.69) is 4.98 Å². The van der Waals surface area contributed by atoms with Gasteiger partial charge >= 0.3 is 5.69 Å². The number of hydrogen-bond donors (Lipinski definition) is 0. The molecule has 0 amide bonds. The Labute approximate surface area is 228 Å². The number of halogens is 5. The maximum Gasteiger partial charge on any atom is 0.336 e. The van der Waals surface area contributed by atoms with Crippen LogP contribution in [0.15, 0.2) is 70.5 Å².